The van der Waals surface area contributed by atoms with Crippen molar-refractivity contribution in [3.63, 3.8) is 0 Å². The van der Waals surface area contributed by atoms with Crippen LogP contribution in [0.3, 0.4) is 0 Å². The number of hydrogen-bond donors (Lipinski definition) is 1. The normalized spacial score (nSPS) is 21.3. The van der Waals surface area contributed by atoms with Crippen LogP contribution in [0.5, 0.6) is 0 Å². The van der Waals surface area contributed by atoms with Gasteiger partial charge in [0.15, 0.2) is 0 Å². The van der Waals surface area contributed by atoms with Crippen molar-refractivity contribution in [1.82, 2.24) is 0 Å². The Balaban J connectivity index is 1.25. The molecule has 0 radical (unpaired) electrons. The summed E-state index contributed by atoms with van der Waals surface area (Å²) in [5, 5.41) is 9.09. The first-order valence-electron chi connectivity index (χ1n) is 19.6. The van der Waals surface area contributed by atoms with Gasteiger partial charge in [0, 0.05) is 5.57 Å². The zero-order valence-electron chi connectivity index (χ0n) is 31.6. The molecule has 2 fully saturated rings. The Morgan fingerprint density at radius 2 is 1.50 bits per heavy atom. The molecule has 50 heavy (non-hydrogen) atoms. The molecule has 1 unspecified atom stereocenters. The third-order valence-electron chi connectivity index (χ3n) is 11.7. The van der Waals surface area contributed by atoms with Gasteiger partial charge >= 0.3 is 11.9 Å². The maximum Gasteiger partial charge on any atom is 0.335 e. The van der Waals surface area contributed by atoms with E-state index in [0.29, 0.717) is 24.5 Å². The van der Waals surface area contributed by atoms with Gasteiger partial charge in [-0.05, 0) is 167 Å². The largest absolute Gasteiger partial charge is 0.462 e. The minimum absolute atomic E-state index is 0.0493. The number of unbranched alkanes of at least 4 members (excludes halogenated alkanes) is 2. The Morgan fingerprint density at radius 1 is 0.820 bits per heavy atom. The molecule has 0 saturated heterocycles. The zero-order chi connectivity index (χ0) is 36.0. The fraction of sp³-hybridized carbons (Fsp3) is 0.600. The summed E-state index contributed by atoms with van der Waals surface area (Å²) >= 11 is 0. The van der Waals surface area contributed by atoms with Crippen LogP contribution in [-0.2, 0) is 31.9 Å². The highest BCUT2D eigenvalue weighted by atomic mass is 16.5. The number of hydrogen-bond acceptors (Lipinski definition) is 5. The number of carbonyl (C=O) groups excluding carboxylic acids is 2. The van der Waals surface area contributed by atoms with E-state index in [1.165, 1.54) is 99.3 Å². The number of carbonyl (C=O) groups is 2. The molecule has 0 heterocycles. The van der Waals surface area contributed by atoms with Gasteiger partial charge < -0.3 is 14.6 Å². The van der Waals surface area contributed by atoms with Gasteiger partial charge in [-0.1, -0.05) is 69.3 Å². The number of aliphatic hydroxyl groups excluding tert-OH is 1. The van der Waals surface area contributed by atoms with Crippen molar-refractivity contribution >= 4 is 11.9 Å². The molecule has 0 bridgehead atoms. The molecule has 0 aliphatic heterocycles. The number of ether oxygens (including phenoxy) is 2. The molecule has 5 heteroatoms. The molecule has 2 aromatic rings. The molecular weight excluding hydrogens is 620 g/mol. The molecule has 2 saturated carbocycles. The summed E-state index contributed by atoms with van der Waals surface area (Å²) < 4.78 is 10.8. The first-order chi connectivity index (χ1) is 24.1. The molecular formula is C45H64O5. The van der Waals surface area contributed by atoms with E-state index in [9.17, 15) is 9.59 Å². The molecule has 1 atom stereocenters. The lowest BCUT2D eigenvalue weighted by atomic mass is 9.67. The average Bonchev–Trinajstić information content (AvgIpc) is 3.12. The quantitative estimate of drug-likeness (QED) is 0.0961. The fourth-order valence-corrected chi connectivity index (χ4v) is 8.57. The number of aliphatic hydroxyl groups is 1. The SMILES string of the molecule is C=C(C)C(=O)OCC(CCCOC(=O)C(=C)CO)Cc1ccc(C2CCC(C3CCC(c4ccc(CCCCC)c(C)c4)CC3)CC2)c(C)c1. The molecule has 274 valence electrons. The Bertz CT molecular complexity index is 1420. The van der Waals surface area contributed by atoms with E-state index in [4.69, 9.17) is 14.6 Å². The van der Waals surface area contributed by atoms with Crippen molar-refractivity contribution in [2.45, 2.75) is 136 Å². The average molecular weight is 685 g/mol. The molecule has 2 aliphatic carbocycles. The van der Waals surface area contributed by atoms with E-state index in [-0.39, 0.29) is 24.1 Å². The highest BCUT2D eigenvalue weighted by molar-refractivity contribution is 5.88. The lowest BCUT2D eigenvalue weighted by Crippen LogP contribution is -2.25. The number of esters is 2. The minimum Gasteiger partial charge on any atom is -0.462 e. The van der Waals surface area contributed by atoms with Gasteiger partial charge in [-0.2, -0.15) is 0 Å². The van der Waals surface area contributed by atoms with Gasteiger partial charge in [0.25, 0.3) is 0 Å². The van der Waals surface area contributed by atoms with Crippen LogP contribution in [0.1, 0.15) is 143 Å². The minimum atomic E-state index is -0.574. The predicted octanol–water partition coefficient (Wildman–Crippen LogP) is 10.4. The second-order valence-electron chi connectivity index (χ2n) is 15.5. The summed E-state index contributed by atoms with van der Waals surface area (Å²) in [5.41, 5.74) is 9.13. The molecule has 0 aromatic heterocycles. The lowest BCUT2D eigenvalue weighted by molar-refractivity contribution is -0.140. The van der Waals surface area contributed by atoms with Crippen LogP contribution in [0.25, 0.3) is 0 Å². The molecule has 5 nitrogen and oxygen atoms in total. The van der Waals surface area contributed by atoms with E-state index in [1.54, 1.807) is 18.1 Å². The summed E-state index contributed by atoms with van der Waals surface area (Å²) in [5.74, 6) is 2.26. The first-order valence-corrected chi connectivity index (χ1v) is 19.6. The maximum absolute atomic E-state index is 12.1. The van der Waals surface area contributed by atoms with Gasteiger partial charge in [-0.3, -0.25) is 0 Å². The van der Waals surface area contributed by atoms with Crippen LogP contribution in [0.4, 0.5) is 0 Å². The zero-order valence-corrected chi connectivity index (χ0v) is 31.6. The highest BCUT2D eigenvalue weighted by Gasteiger charge is 2.32. The summed E-state index contributed by atoms with van der Waals surface area (Å²) in [7, 11) is 0. The van der Waals surface area contributed by atoms with Gasteiger partial charge in [0.2, 0.25) is 0 Å². The monoisotopic (exact) mass is 684 g/mol. The van der Waals surface area contributed by atoms with Gasteiger partial charge in [0.1, 0.15) is 0 Å². The van der Waals surface area contributed by atoms with Gasteiger partial charge in [-0.15, -0.1) is 0 Å². The van der Waals surface area contributed by atoms with Gasteiger partial charge in [0.05, 0.1) is 25.4 Å². The van der Waals surface area contributed by atoms with Gasteiger partial charge in [-0.25, -0.2) is 9.59 Å². The Morgan fingerprint density at radius 3 is 2.10 bits per heavy atom. The third kappa shape index (κ3) is 11.7. The Hall–Kier alpha value is -3.18. The van der Waals surface area contributed by atoms with Crippen LogP contribution < -0.4 is 0 Å². The number of aryl methyl sites for hydroxylation is 3. The van der Waals surface area contributed by atoms with Crippen molar-refractivity contribution < 1.29 is 24.2 Å². The summed E-state index contributed by atoms with van der Waals surface area (Å²) in [6.45, 7) is 15.8. The molecule has 1 N–H and O–H groups in total. The Labute approximate surface area is 302 Å². The molecule has 2 aliphatic rings. The van der Waals surface area contributed by atoms with E-state index >= 15 is 0 Å². The van der Waals surface area contributed by atoms with E-state index in [2.05, 4.69) is 70.3 Å². The smallest absolute Gasteiger partial charge is 0.335 e. The van der Waals surface area contributed by atoms with E-state index < -0.39 is 12.6 Å². The molecule has 4 rings (SSSR count). The first kappa shape index (κ1) is 39.6. The van der Waals surface area contributed by atoms with Crippen molar-refractivity contribution in [3.05, 3.63) is 94.1 Å². The fourth-order valence-electron chi connectivity index (χ4n) is 8.57. The predicted molar refractivity (Wildman–Crippen MR) is 204 cm³/mol. The maximum atomic E-state index is 12.1. The molecule has 0 amide bonds. The summed E-state index contributed by atoms with van der Waals surface area (Å²) in [6.07, 6.45) is 18.0. The topological polar surface area (TPSA) is 72.8 Å². The van der Waals surface area contributed by atoms with Crippen molar-refractivity contribution in [3.8, 4) is 0 Å². The van der Waals surface area contributed by atoms with E-state index in [1.807, 2.05) is 0 Å². The van der Waals surface area contributed by atoms with Crippen LogP contribution in [0, 0.1) is 31.6 Å². The van der Waals surface area contributed by atoms with Crippen LogP contribution >= 0.6 is 0 Å². The number of benzene rings is 2. The standard InChI is InChI=1S/C45H64O5/c1-7-8-9-12-37-14-23-42(27-32(37)4)40-17-15-38(16-18-40)39-19-21-41(22-20-39)43-24-13-35(26-33(43)5)28-36(30-50-44(47)31(2)3)11-10-25-49-45(48)34(6)29-46/h13-14,23-24,26-27,36,38-41,46H,2,6-12,15-22,25,28-30H2,1,3-5H3. The highest BCUT2D eigenvalue weighted by Crippen LogP contribution is 2.46. The number of rotatable bonds is 18. The summed E-state index contributed by atoms with van der Waals surface area (Å²) in [4.78, 5) is 24.0. The molecule has 2 aromatic carbocycles. The van der Waals surface area contributed by atoms with Crippen molar-refractivity contribution in [1.29, 1.82) is 0 Å². The third-order valence-corrected chi connectivity index (χ3v) is 11.7. The van der Waals surface area contributed by atoms with Crippen molar-refractivity contribution in [2.75, 3.05) is 19.8 Å². The van der Waals surface area contributed by atoms with Crippen LogP contribution in [0.15, 0.2) is 60.7 Å². The second-order valence-corrected chi connectivity index (χ2v) is 15.5. The van der Waals surface area contributed by atoms with Crippen molar-refractivity contribution in [2.24, 2.45) is 17.8 Å². The summed E-state index contributed by atoms with van der Waals surface area (Å²) in [6, 6.07) is 14.3. The lowest BCUT2D eigenvalue weighted by Gasteiger charge is -2.38. The van der Waals surface area contributed by atoms with Crippen LogP contribution in [0.2, 0.25) is 0 Å². The second kappa shape index (κ2) is 20.0. The molecule has 0 spiro atoms. The van der Waals surface area contributed by atoms with E-state index in [0.717, 1.165) is 30.6 Å². The van der Waals surface area contributed by atoms with Crippen LogP contribution in [-0.4, -0.2) is 36.9 Å². The Kier molecular flexibility index (Phi) is 15.9.